The molecule has 4 nitrogen and oxygen atoms in total. The maximum absolute atomic E-state index is 12.9. The SMILES string of the molecule is CCOC(=O)CC(NC1CC1)C(=O)c1ccc(F)cc1. The number of hydrogen-bond donors (Lipinski definition) is 1. The molecule has 5 heteroatoms. The largest absolute Gasteiger partial charge is 0.466 e. The Balaban J connectivity index is 2.06. The van der Waals surface area contributed by atoms with Gasteiger partial charge in [-0.2, -0.15) is 0 Å². The highest BCUT2D eigenvalue weighted by molar-refractivity contribution is 6.01. The van der Waals surface area contributed by atoms with Gasteiger partial charge in [0.25, 0.3) is 0 Å². The van der Waals surface area contributed by atoms with E-state index in [1.807, 2.05) is 0 Å². The van der Waals surface area contributed by atoms with E-state index in [9.17, 15) is 14.0 Å². The van der Waals surface area contributed by atoms with E-state index in [1.165, 1.54) is 24.3 Å². The van der Waals surface area contributed by atoms with Gasteiger partial charge in [0.2, 0.25) is 0 Å². The topological polar surface area (TPSA) is 55.4 Å². The van der Waals surface area contributed by atoms with Crippen LogP contribution in [0.25, 0.3) is 0 Å². The third-order valence-electron chi connectivity index (χ3n) is 3.14. The molecule has 0 spiro atoms. The second-order valence-electron chi connectivity index (χ2n) is 4.87. The molecule has 1 saturated carbocycles. The van der Waals surface area contributed by atoms with Gasteiger partial charge in [0.1, 0.15) is 5.82 Å². The molecule has 0 heterocycles. The number of nitrogens with one attached hydrogen (secondary N) is 1. The van der Waals surface area contributed by atoms with Crippen LogP contribution in [-0.2, 0) is 9.53 Å². The number of halogens is 1. The molecule has 1 aliphatic carbocycles. The van der Waals surface area contributed by atoms with E-state index >= 15 is 0 Å². The summed E-state index contributed by atoms with van der Waals surface area (Å²) in [4.78, 5) is 23.9. The Morgan fingerprint density at radius 3 is 2.55 bits per heavy atom. The first kappa shape index (κ1) is 14.7. The van der Waals surface area contributed by atoms with Gasteiger partial charge in [-0.15, -0.1) is 0 Å². The van der Waals surface area contributed by atoms with Gasteiger partial charge in [0.15, 0.2) is 5.78 Å². The van der Waals surface area contributed by atoms with E-state index in [2.05, 4.69) is 5.32 Å². The lowest BCUT2D eigenvalue weighted by Gasteiger charge is -2.16. The predicted molar refractivity (Wildman–Crippen MR) is 71.9 cm³/mol. The molecule has 0 saturated heterocycles. The van der Waals surface area contributed by atoms with Crippen LogP contribution in [0.5, 0.6) is 0 Å². The first-order valence-electron chi connectivity index (χ1n) is 6.81. The number of carbonyl (C=O) groups excluding carboxylic acids is 2. The lowest BCUT2D eigenvalue weighted by molar-refractivity contribution is -0.143. The van der Waals surface area contributed by atoms with Gasteiger partial charge in [-0.05, 0) is 44.0 Å². The highest BCUT2D eigenvalue weighted by Crippen LogP contribution is 2.21. The van der Waals surface area contributed by atoms with Crippen LogP contribution in [0.1, 0.15) is 36.5 Å². The maximum atomic E-state index is 12.9. The monoisotopic (exact) mass is 279 g/mol. The number of ketones is 1. The third kappa shape index (κ3) is 4.13. The zero-order chi connectivity index (χ0) is 14.5. The summed E-state index contributed by atoms with van der Waals surface area (Å²) < 4.78 is 17.8. The van der Waals surface area contributed by atoms with Gasteiger partial charge < -0.3 is 10.1 Å². The standard InChI is InChI=1S/C15H18FNO3/c1-2-20-14(18)9-13(17-12-7-8-12)15(19)10-3-5-11(16)6-4-10/h3-6,12-13,17H,2,7-9H2,1H3. The molecule has 0 radical (unpaired) electrons. The van der Waals surface area contributed by atoms with Crippen molar-refractivity contribution in [2.45, 2.75) is 38.3 Å². The van der Waals surface area contributed by atoms with Crippen LogP contribution in [0.4, 0.5) is 4.39 Å². The average Bonchev–Trinajstić information content (AvgIpc) is 3.22. The summed E-state index contributed by atoms with van der Waals surface area (Å²) in [5, 5.41) is 3.15. The first-order valence-corrected chi connectivity index (χ1v) is 6.81. The van der Waals surface area contributed by atoms with Crippen LogP contribution < -0.4 is 5.32 Å². The van der Waals surface area contributed by atoms with E-state index in [1.54, 1.807) is 6.92 Å². The van der Waals surface area contributed by atoms with E-state index in [-0.39, 0.29) is 12.2 Å². The quantitative estimate of drug-likeness (QED) is 0.613. The van der Waals surface area contributed by atoms with E-state index in [4.69, 9.17) is 4.74 Å². The first-order chi connectivity index (χ1) is 9.60. The highest BCUT2D eigenvalue weighted by atomic mass is 19.1. The van der Waals surface area contributed by atoms with Crippen LogP contribution >= 0.6 is 0 Å². The number of benzene rings is 1. The van der Waals surface area contributed by atoms with Gasteiger partial charge in [-0.1, -0.05) is 0 Å². The Morgan fingerprint density at radius 2 is 2.00 bits per heavy atom. The van der Waals surface area contributed by atoms with Crippen molar-refractivity contribution in [2.75, 3.05) is 6.61 Å². The van der Waals surface area contributed by atoms with E-state index in [0.717, 1.165) is 12.8 Å². The number of carbonyl (C=O) groups is 2. The summed E-state index contributed by atoms with van der Waals surface area (Å²) in [6.07, 6.45) is 2.02. The van der Waals surface area contributed by atoms with E-state index in [0.29, 0.717) is 18.2 Å². The van der Waals surface area contributed by atoms with Crippen LogP contribution in [0.2, 0.25) is 0 Å². The summed E-state index contributed by atoms with van der Waals surface area (Å²) in [7, 11) is 0. The van der Waals surface area contributed by atoms with Gasteiger partial charge >= 0.3 is 5.97 Å². The van der Waals surface area contributed by atoms with Crippen molar-refractivity contribution in [1.82, 2.24) is 5.32 Å². The smallest absolute Gasteiger partial charge is 0.307 e. The zero-order valence-electron chi connectivity index (χ0n) is 11.4. The summed E-state index contributed by atoms with van der Waals surface area (Å²) >= 11 is 0. The lowest BCUT2D eigenvalue weighted by atomic mass is 10.0. The van der Waals surface area contributed by atoms with E-state index < -0.39 is 17.8 Å². The molecule has 1 fully saturated rings. The molecule has 1 aliphatic rings. The fraction of sp³-hybridized carbons (Fsp3) is 0.467. The van der Waals surface area contributed by atoms with Crippen molar-refractivity contribution in [3.63, 3.8) is 0 Å². The average molecular weight is 279 g/mol. The number of ether oxygens (including phenoxy) is 1. The molecule has 1 atom stereocenters. The number of esters is 1. The Hall–Kier alpha value is -1.75. The highest BCUT2D eigenvalue weighted by Gasteiger charge is 2.30. The van der Waals surface area contributed by atoms with Gasteiger partial charge in [0.05, 0.1) is 19.1 Å². The fourth-order valence-corrected chi connectivity index (χ4v) is 1.96. The molecule has 108 valence electrons. The molecule has 1 aromatic carbocycles. The second kappa shape index (κ2) is 6.61. The Morgan fingerprint density at radius 1 is 1.35 bits per heavy atom. The molecule has 0 aromatic heterocycles. The Labute approximate surface area is 117 Å². The van der Waals surface area contributed by atoms with Crippen molar-refractivity contribution >= 4 is 11.8 Å². The molecule has 0 bridgehead atoms. The minimum absolute atomic E-state index is 0.000545. The van der Waals surface area contributed by atoms with Crippen LogP contribution in [-0.4, -0.2) is 30.4 Å². The molecule has 1 aromatic rings. The lowest BCUT2D eigenvalue weighted by Crippen LogP contribution is -2.40. The zero-order valence-corrected chi connectivity index (χ0v) is 11.4. The van der Waals surface area contributed by atoms with Crippen molar-refractivity contribution < 1.29 is 18.7 Å². The summed E-state index contributed by atoms with van der Waals surface area (Å²) in [5.41, 5.74) is 0.397. The van der Waals surface area contributed by atoms with Crippen molar-refractivity contribution in [2.24, 2.45) is 0 Å². The minimum atomic E-state index is -0.605. The molecule has 1 N–H and O–H groups in total. The van der Waals surface area contributed by atoms with Crippen molar-refractivity contribution in [3.8, 4) is 0 Å². The molecular formula is C15H18FNO3. The number of hydrogen-bond acceptors (Lipinski definition) is 4. The summed E-state index contributed by atoms with van der Waals surface area (Å²) in [5.74, 6) is -0.996. The molecule has 20 heavy (non-hydrogen) atoms. The summed E-state index contributed by atoms with van der Waals surface area (Å²) in [6, 6.07) is 5.04. The van der Waals surface area contributed by atoms with Crippen molar-refractivity contribution in [3.05, 3.63) is 35.6 Å². The Bertz CT molecular complexity index is 482. The number of rotatable bonds is 7. The van der Waals surface area contributed by atoms with Gasteiger partial charge in [-0.3, -0.25) is 9.59 Å². The van der Waals surface area contributed by atoms with Crippen LogP contribution in [0.3, 0.4) is 0 Å². The molecule has 1 unspecified atom stereocenters. The van der Waals surface area contributed by atoms with Gasteiger partial charge in [-0.25, -0.2) is 4.39 Å². The molecule has 0 aliphatic heterocycles. The summed E-state index contributed by atoms with van der Waals surface area (Å²) in [6.45, 7) is 2.02. The fourth-order valence-electron chi connectivity index (χ4n) is 1.96. The van der Waals surface area contributed by atoms with Gasteiger partial charge in [0, 0.05) is 11.6 Å². The predicted octanol–water partition coefficient (Wildman–Crippen LogP) is 2.08. The third-order valence-corrected chi connectivity index (χ3v) is 3.14. The number of Topliss-reactive ketones (excluding diaryl/α,β-unsaturated/α-hetero) is 1. The maximum Gasteiger partial charge on any atom is 0.307 e. The minimum Gasteiger partial charge on any atom is -0.466 e. The van der Waals surface area contributed by atoms with Crippen molar-refractivity contribution in [1.29, 1.82) is 0 Å². The normalized spacial score (nSPS) is 15.7. The molecule has 0 amide bonds. The Kier molecular flexibility index (Phi) is 4.84. The second-order valence-corrected chi connectivity index (χ2v) is 4.87. The molecular weight excluding hydrogens is 261 g/mol. The van der Waals surface area contributed by atoms with Crippen LogP contribution in [0.15, 0.2) is 24.3 Å². The van der Waals surface area contributed by atoms with Crippen LogP contribution in [0, 0.1) is 5.82 Å². The molecule has 2 rings (SSSR count).